The average Bonchev–Trinajstić information content (AvgIpc) is 2.59. The van der Waals surface area contributed by atoms with Crippen molar-refractivity contribution in [3.8, 4) is 0 Å². The molecule has 0 saturated carbocycles. The number of aromatic nitrogens is 2. The van der Waals surface area contributed by atoms with Gasteiger partial charge < -0.3 is 10.3 Å². The zero-order chi connectivity index (χ0) is 10.8. The number of nitrogens with two attached hydrogens (primary N) is 1. The van der Waals surface area contributed by atoms with Crippen LogP contribution in [0.1, 0.15) is 11.3 Å². The number of thiazole rings is 1. The molecule has 2 aromatic heterocycles. The van der Waals surface area contributed by atoms with Crippen LogP contribution in [0.15, 0.2) is 28.5 Å². The highest BCUT2D eigenvalue weighted by Gasteiger charge is 2.02. The first kappa shape index (κ1) is 9.92. The van der Waals surface area contributed by atoms with E-state index in [1.165, 1.54) is 11.3 Å². The third-order valence-corrected chi connectivity index (χ3v) is 2.83. The van der Waals surface area contributed by atoms with E-state index in [1.807, 2.05) is 11.4 Å². The van der Waals surface area contributed by atoms with Crippen molar-refractivity contribution < 1.29 is 0 Å². The van der Waals surface area contributed by atoms with Crippen LogP contribution in [0.4, 0.5) is 5.13 Å². The van der Waals surface area contributed by atoms with Crippen LogP contribution in [-0.2, 0) is 6.54 Å². The molecule has 0 aliphatic heterocycles. The van der Waals surface area contributed by atoms with E-state index < -0.39 is 0 Å². The highest BCUT2D eigenvalue weighted by molar-refractivity contribution is 7.13. The molecule has 0 aliphatic rings. The van der Waals surface area contributed by atoms with E-state index in [4.69, 9.17) is 5.73 Å². The van der Waals surface area contributed by atoms with Crippen molar-refractivity contribution in [3.63, 3.8) is 0 Å². The first-order chi connectivity index (χ1) is 7.16. The molecule has 0 aliphatic carbocycles. The Kier molecular flexibility index (Phi) is 2.55. The molecule has 5 heteroatoms. The molecule has 0 bridgehead atoms. The standard InChI is InChI=1S/C10H11N3OS/c1-7-3-2-4-13(9(7)14)5-8-6-15-10(11)12-8/h2-4,6H,5H2,1H3,(H2,11,12). The van der Waals surface area contributed by atoms with Gasteiger partial charge in [-0.05, 0) is 13.0 Å². The van der Waals surface area contributed by atoms with Crippen LogP contribution in [0.5, 0.6) is 0 Å². The maximum atomic E-state index is 11.7. The van der Waals surface area contributed by atoms with E-state index in [0.29, 0.717) is 11.7 Å². The second-order valence-corrected chi connectivity index (χ2v) is 4.19. The van der Waals surface area contributed by atoms with Crippen LogP contribution in [0, 0.1) is 6.92 Å². The lowest BCUT2D eigenvalue weighted by molar-refractivity contribution is 0.738. The highest BCUT2D eigenvalue weighted by atomic mass is 32.1. The zero-order valence-electron chi connectivity index (χ0n) is 8.30. The summed E-state index contributed by atoms with van der Waals surface area (Å²) in [6.45, 7) is 2.28. The summed E-state index contributed by atoms with van der Waals surface area (Å²) in [6.07, 6.45) is 1.75. The summed E-state index contributed by atoms with van der Waals surface area (Å²) in [4.78, 5) is 15.8. The lowest BCUT2D eigenvalue weighted by atomic mass is 10.3. The second-order valence-electron chi connectivity index (χ2n) is 3.30. The summed E-state index contributed by atoms with van der Waals surface area (Å²) in [7, 11) is 0. The maximum absolute atomic E-state index is 11.7. The van der Waals surface area contributed by atoms with Gasteiger partial charge in [0.15, 0.2) is 5.13 Å². The van der Waals surface area contributed by atoms with E-state index >= 15 is 0 Å². The van der Waals surface area contributed by atoms with Crippen LogP contribution in [0.3, 0.4) is 0 Å². The molecule has 2 N–H and O–H groups in total. The predicted molar refractivity (Wildman–Crippen MR) is 61.1 cm³/mol. The molecule has 0 fully saturated rings. The average molecular weight is 221 g/mol. The number of rotatable bonds is 2. The zero-order valence-corrected chi connectivity index (χ0v) is 9.12. The quantitative estimate of drug-likeness (QED) is 0.830. The molecule has 0 unspecified atom stereocenters. The van der Waals surface area contributed by atoms with Gasteiger partial charge in [0.25, 0.3) is 5.56 Å². The van der Waals surface area contributed by atoms with Crippen molar-refractivity contribution in [2.24, 2.45) is 0 Å². The van der Waals surface area contributed by atoms with Crippen molar-refractivity contribution in [2.45, 2.75) is 13.5 Å². The summed E-state index contributed by atoms with van der Waals surface area (Å²) in [5, 5.41) is 2.40. The molecule has 78 valence electrons. The van der Waals surface area contributed by atoms with Gasteiger partial charge >= 0.3 is 0 Å². The van der Waals surface area contributed by atoms with E-state index in [0.717, 1.165) is 11.3 Å². The summed E-state index contributed by atoms with van der Waals surface area (Å²) < 4.78 is 1.63. The van der Waals surface area contributed by atoms with Gasteiger partial charge in [0.05, 0.1) is 12.2 Å². The van der Waals surface area contributed by atoms with E-state index in [1.54, 1.807) is 23.8 Å². The molecular weight excluding hydrogens is 210 g/mol. The van der Waals surface area contributed by atoms with Gasteiger partial charge in [-0.2, -0.15) is 0 Å². The lowest BCUT2D eigenvalue weighted by Gasteiger charge is -2.03. The van der Waals surface area contributed by atoms with Crippen LogP contribution in [-0.4, -0.2) is 9.55 Å². The fraction of sp³-hybridized carbons (Fsp3) is 0.200. The highest BCUT2D eigenvalue weighted by Crippen LogP contribution is 2.11. The van der Waals surface area contributed by atoms with Crippen molar-refractivity contribution in [3.05, 3.63) is 45.3 Å². The van der Waals surface area contributed by atoms with Crippen LogP contribution >= 0.6 is 11.3 Å². The third-order valence-electron chi connectivity index (χ3n) is 2.11. The fourth-order valence-corrected chi connectivity index (χ4v) is 1.91. The number of anilines is 1. The third kappa shape index (κ3) is 2.07. The van der Waals surface area contributed by atoms with Crippen molar-refractivity contribution in [1.82, 2.24) is 9.55 Å². The Morgan fingerprint density at radius 2 is 2.40 bits per heavy atom. The molecule has 15 heavy (non-hydrogen) atoms. The Morgan fingerprint density at radius 1 is 1.60 bits per heavy atom. The number of hydrogen-bond acceptors (Lipinski definition) is 4. The molecule has 0 saturated heterocycles. The number of aryl methyl sites for hydroxylation is 1. The van der Waals surface area contributed by atoms with E-state index in [-0.39, 0.29) is 5.56 Å². The molecule has 0 atom stereocenters. The first-order valence-corrected chi connectivity index (χ1v) is 5.41. The van der Waals surface area contributed by atoms with Gasteiger partial charge in [0.1, 0.15) is 0 Å². The molecule has 0 spiro atoms. The minimum absolute atomic E-state index is 0.0177. The molecule has 2 rings (SSSR count). The predicted octanol–water partition coefficient (Wildman–Crippen LogP) is 1.24. The Bertz CT molecular complexity index is 529. The van der Waals surface area contributed by atoms with Gasteiger partial charge in [0.2, 0.25) is 0 Å². The topological polar surface area (TPSA) is 60.9 Å². The van der Waals surface area contributed by atoms with E-state index in [9.17, 15) is 4.79 Å². The largest absolute Gasteiger partial charge is 0.375 e. The van der Waals surface area contributed by atoms with Gasteiger partial charge in [-0.15, -0.1) is 11.3 Å². The Labute approximate surface area is 91.0 Å². The number of pyridine rings is 1. The van der Waals surface area contributed by atoms with Gasteiger partial charge in [0, 0.05) is 17.1 Å². The normalized spacial score (nSPS) is 10.5. The minimum atomic E-state index is 0.0177. The molecule has 0 radical (unpaired) electrons. The van der Waals surface area contributed by atoms with Crippen LogP contribution < -0.4 is 11.3 Å². The van der Waals surface area contributed by atoms with Crippen LogP contribution in [0.25, 0.3) is 0 Å². The lowest BCUT2D eigenvalue weighted by Crippen LogP contribution is -2.21. The number of nitrogens with zero attached hydrogens (tertiary/aromatic N) is 2. The summed E-state index contributed by atoms with van der Waals surface area (Å²) in [5.74, 6) is 0. The number of hydrogen-bond donors (Lipinski definition) is 1. The second kappa shape index (κ2) is 3.86. The molecule has 0 amide bonds. The van der Waals surface area contributed by atoms with E-state index in [2.05, 4.69) is 4.98 Å². The summed E-state index contributed by atoms with van der Waals surface area (Å²) in [6, 6.07) is 3.65. The van der Waals surface area contributed by atoms with Gasteiger partial charge in [-0.3, -0.25) is 4.79 Å². The van der Waals surface area contributed by atoms with Gasteiger partial charge in [-0.25, -0.2) is 4.98 Å². The van der Waals surface area contributed by atoms with Gasteiger partial charge in [-0.1, -0.05) is 6.07 Å². The summed E-state index contributed by atoms with van der Waals surface area (Å²) in [5.41, 5.74) is 7.10. The monoisotopic (exact) mass is 221 g/mol. The SMILES string of the molecule is Cc1cccn(Cc2csc(N)n2)c1=O. The minimum Gasteiger partial charge on any atom is -0.375 e. The fourth-order valence-electron chi connectivity index (χ4n) is 1.35. The van der Waals surface area contributed by atoms with Crippen molar-refractivity contribution in [2.75, 3.05) is 5.73 Å². The molecule has 2 heterocycles. The van der Waals surface area contributed by atoms with Crippen molar-refractivity contribution >= 4 is 16.5 Å². The number of nitrogen functional groups attached to an aromatic ring is 1. The molecular formula is C10H11N3OS. The van der Waals surface area contributed by atoms with Crippen LogP contribution in [0.2, 0.25) is 0 Å². The Balaban J connectivity index is 2.32. The molecule has 0 aromatic carbocycles. The van der Waals surface area contributed by atoms with Crippen molar-refractivity contribution in [1.29, 1.82) is 0 Å². The smallest absolute Gasteiger partial charge is 0.253 e. The molecule has 2 aromatic rings. The maximum Gasteiger partial charge on any atom is 0.253 e. The molecule has 4 nitrogen and oxygen atoms in total. The Hall–Kier alpha value is -1.62. The first-order valence-electron chi connectivity index (χ1n) is 4.53. The Morgan fingerprint density at radius 3 is 3.07 bits per heavy atom. The summed E-state index contributed by atoms with van der Waals surface area (Å²) >= 11 is 1.38.